The lowest BCUT2D eigenvalue weighted by Crippen LogP contribution is -2.38. The van der Waals surface area contributed by atoms with Crippen LogP contribution in [0, 0.1) is 17.8 Å². The molecule has 1 rings (SSSR count). The van der Waals surface area contributed by atoms with Gasteiger partial charge in [0.2, 0.25) is 5.78 Å². The van der Waals surface area contributed by atoms with Crippen molar-refractivity contribution in [1.82, 2.24) is 0 Å². The predicted molar refractivity (Wildman–Crippen MR) is 99.7 cm³/mol. The summed E-state index contributed by atoms with van der Waals surface area (Å²) in [7, 11) is 0. The van der Waals surface area contributed by atoms with Gasteiger partial charge < -0.3 is 9.47 Å². The van der Waals surface area contributed by atoms with E-state index in [1.54, 1.807) is 6.92 Å². The zero-order valence-electron chi connectivity index (χ0n) is 17.1. The molecule has 4 unspecified atom stereocenters. The molecule has 1 aliphatic heterocycles. The molecule has 0 bridgehead atoms. The first-order chi connectivity index (χ1) is 11.5. The highest BCUT2D eigenvalue weighted by molar-refractivity contribution is 6.04. The highest BCUT2D eigenvalue weighted by Crippen LogP contribution is 2.36. The topological polar surface area (TPSA) is 52.6 Å². The van der Waals surface area contributed by atoms with Gasteiger partial charge in [0, 0.05) is 19.4 Å². The summed E-state index contributed by atoms with van der Waals surface area (Å²) in [4.78, 5) is 23.7. The molecular formula is C21H34O4. The molecule has 0 N–H and O–H groups in total. The van der Waals surface area contributed by atoms with Crippen molar-refractivity contribution in [2.24, 2.45) is 17.8 Å². The molecule has 0 saturated carbocycles. The Kier molecular flexibility index (Phi) is 7.45. The van der Waals surface area contributed by atoms with E-state index in [0.29, 0.717) is 23.2 Å². The van der Waals surface area contributed by atoms with Gasteiger partial charge in [-0.15, -0.1) is 0 Å². The van der Waals surface area contributed by atoms with E-state index < -0.39 is 11.8 Å². The largest absolute Gasteiger partial charge is 0.445 e. The smallest absolute Gasteiger partial charge is 0.315 e. The van der Waals surface area contributed by atoms with E-state index in [0.717, 1.165) is 17.9 Å². The SMILES string of the molecule is CCC(C)CC(C)CC(C)C=C(C)C1=C(C)C(=O)C(C)(OC(C)=O)O1. The molecule has 4 heteroatoms. The molecule has 0 saturated heterocycles. The summed E-state index contributed by atoms with van der Waals surface area (Å²) in [5.74, 6) is -0.0252. The van der Waals surface area contributed by atoms with Gasteiger partial charge in [0.1, 0.15) is 5.76 Å². The molecule has 0 amide bonds. The number of rotatable bonds is 8. The number of allylic oxidation sites excluding steroid dienone is 2. The molecule has 1 heterocycles. The van der Waals surface area contributed by atoms with Crippen molar-refractivity contribution in [2.75, 3.05) is 0 Å². The number of hydrogen-bond donors (Lipinski definition) is 0. The minimum absolute atomic E-state index is 0.289. The van der Waals surface area contributed by atoms with E-state index >= 15 is 0 Å². The van der Waals surface area contributed by atoms with E-state index in [2.05, 4.69) is 33.8 Å². The van der Waals surface area contributed by atoms with Gasteiger partial charge in [0.15, 0.2) is 0 Å². The van der Waals surface area contributed by atoms with Crippen molar-refractivity contribution in [3.63, 3.8) is 0 Å². The number of carbonyl (C=O) groups excluding carboxylic acids is 2. The molecule has 0 aromatic carbocycles. The molecule has 0 aromatic rings. The standard InChI is InChI=1S/C21H34O4/c1-9-13(2)10-14(3)11-15(4)12-16(5)19-17(6)20(23)21(8,25-19)24-18(7)22/h12-15H,9-11H2,1-8H3. The number of esters is 1. The monoisotopic (exact) mass is 350 g/mol. The van der Waals surface area contributed by atoms with Crippen LogP contribution in [0.5, 0.6) is 0 Å². The maximum Gasteiger partial charge on any atom is 0.315 e. The maximum absolute atomic E-state index is 12.4. The van der Waals surface area contributed by atoms with Crippen LogP contribution in [0.3, 0.4) is 0 Å². The Labute approximate surface area is 152 Å². The zero-order chi connectivity index (χ0) is 19.4. The second-order valence-corrected chi connectivity index (χ2v) is 7.84. The molecular weight excluding hydrogens is 316 g/mol. The predicted octanol–water partition coefficient (Wildman–Crippen LogP) is 5.18. The first kappa shape index (κ1) is 21.5. The summed E-state index contributed by atoms with van der Waals surface area (Å²) in [6.45, 7) is 15.5. The van der Waals surface area contributed by atoms with Crippen LogP contribution in [0.25, 0.3) is 0 Å². The summed E-state index contributed by atoms with van der Waals surface area (Å²) in [5.41, 5.74) is 1.43. The Hall–Kier alpha value is -1.58. The fourth-order valence-electron chi connectivity index (χ4n) is 3.63. The third kappa shape index (κ3) is 5.72. The first-order valence-corrected chi connectivity index (χ1v) is 9.33. The highest BCUT2D eigenvalue weighted by atomic mass is 16.7. The van der Waals surface area contributed by atoms with Gasteiger partial charge in [-0.25, -0.2) is 0 Å². The van der Waals surface area contributed by atoms with Crippen LogP contribution in [-0.2, 0) is 19.1 Å². The Morgan fingerprint density at radius 1 is 1.20 bits per heavy atom. The van der Waals surface area contributed by atoms with Crippen molar-refractivity contribution in [3.05, 3.63) is 23.0 Å². The summed E-state index contributed by atoms with van der Waals surface area (Å²) in [6, 6.07) is 0. The Morgan fingerprint density at radius 3 is 2.32 bits per heavy atom. The third-order valence-corrected chi connectivity index (χ3v) is 4.90. The van der Waals surface area contributed by atoms with Gasteiger partial charge in [-0.1, -0.05) is 40.2 Å². The quantitative estimate of drug-likeness (QED) is 0.566. The van der Waals surface area contributed by atoms with Gasteiger partial charge >= 0.3 is 11.8 Å². The molecule has 0 radical (unpaired) electrons. The molecule has 1 aliphatic rings. The third-order valence-electron chi connectivity index (χ3n) is 4.90. The molecule has 0 fully saturated rings. The van der Waals surface area contributed by atoms with Crippen molar-refractivity contribution >= 4 is 11.8 Å². The van der Waals surface area contributed by atoms with E-state index in [1.807, 2.05) is 6.92 Å². The van der Waals surface area contributed by atoms with Gasteiger partial charge in [-0.05, 0) is 50.0 Å². The average molecular weight is 350 g/mol. The number of carbonyl (C=O) groups is 2. The molecule has 0 aromatic heterocycles. The van der Waals surface area contributed by atoms with E-state index in [9.17, 15) is 9.59 Å². The average Bonchev–Trinajstić information content (AvgIpc) is 2.70. The van der Waals surface area contributed by atoms with Gasteiger partial charge in [-0.3, -0.25) is 9.59 Å². The van der Waals surface area contributed by atoms with Crippen LogP contribution in [0.15, 0.2) is 23.0 Å². The van der Waals surface area contributed by atoms with Crippen molar-refractivity contribution in [1.29, 1.82) is 0 Å². The minimum Gasteiger partial charge on any atom is -0.445 e. The van der Waals surface area contributed by atoms with Gasteiger partial charge in [-0.2, -0.15) is 0 Å². The second-order valence-electron chi connectivity index (χ2n) is 7.84. The number of ether oxygens (including phenoxy) is 2. The van der Waals surface area contributed by atoms with Crippen LogP contribution in [0.4, 0.5) is 0 Å². The Bertz CT molecular complexity index is 572. The lowest BCUT2D eigenvalue weighted by Gasteiger charge is -2.23. The van der Waals surface area contributed by atoms with Gasteiger partial charge in [0.25, 0.3) is 0 Å². The van der Waals surface area contributed by atoms with Crippen LogP contribution in [0.2, 0.25) is 0 Å². The summed E-state index contributed by atoms with van der Waals surface area (Å²) in [5, 5.41) is 0. The minimum atomic E-state index is -1.53. The normalized spacial score (nSPS) is 24.8. The van der Waals surface area contributed by atoms with Crippen LogP contribution < -0.4 is 0 Å². The fraction of sp³-hybridized carbons (Fsp3) is 0.714. The lowest BCUT2D eigenvalue weighted by molar-refractivity contribution is -0.199. The summed E-state index contributed by atoms with van der Waals surface area (Å²) in [6.07, 6.45) is 5.70. The number of ketones is 1. The first-order valence-electron chi connectivity index (χ1n) is 9.33. The molecule has 4 nitrogen and oxygen atoms in total. The Balaban J connectivity index is 2.81. The van der Waals surface area contributed by atoms with Crippen LogP contribution >= 0.6 is 0 Å². The van der Waals surface area contributed by atoms with Crippen molar-refractivity contribution < 1.29 is 19.1 Å². The van der Waals surface area contributed by atoms with Crippen LogP contribution in [0.1, 0.15) is 74.7 Å². The molecule has 0 spiro atoms. The van der Waals surface area contributed by atoms with E-state index in [4.69, 9.17) is 9.47 Å². The lowest BCUT2D eigenvalue weighted by atomic mass is 9.88. The Morgan fingerprint density at radius 2 is 1.80 bits per heavy atom. The van der Waals surface area contributed by atoms with Crippen molar-refractivity contribution in [3.8, 4) is 0 Å². The number of hydrogen-bond acceptors (Lipinski definition) is 4. The molecule has 142 valence electrons. The number of Topliss-reactive ketones (excluding diaryl/α,β-unsaturated/α-hetero) is 1. The van der Waals surface area contributed by atoms with E-state index in [1.165, 1.54) is 26.7 Å². The molecule has 25 heavy (non-hydrogen) atoms. The highest BCUT2D eigenvalue weighted by Gasteiger charge is 2.47. The van der Waals surface area contributed by atoms with Crippen LogP contribution in [-0.4, -0.2) is 17.5 Å². The summed E-state index contributed by atoms with van der Waals surface area (Å²) < 4.78 is 10.9. The summed E-state index contributed by atoms with van der Waals surface area (Å²) >= 11 is 0. The molecule has 0 aliphatic carbocycles. The second kappa shape index (κ2) is 8.68. The fourth-order valence-corrected chi connectivity index (χ4v) is 3.63. The van der Waals surface area contributed by atoms with E-state index in [-0.39, 0.29) is 5.78 Å². The zero-order valence-corrected chi connectivity index (χ0v) is 17.1. The maximum atomic E-state index is 12.4. The molecule has 4 atom stereocenters. The van der Waals surface area contributed by atoms with Gasteiger partial charge in [0.05, 0.1) is 0 Å². The van der Waals surface area contributed by atoms with Crippen molar-refractivity contribution in [2.45, 2.75) is 80.4 Å².